The number of imide groups is 1. The van der Waals surface area contributed by atoms with E-state index in [1.807, 2.05) is 48.6 Å². The smallest absolute Gasteiger partial charge is 0.241 e. The first kappa shape index (κ1) is 22.5. The SMILES string of the molecule is O=C1N(c2ccccc2N([O-])O)C(=O)C23CC=CCC12CC(=C(c1ccccc1)c1ccccc1)C3. The Morgan fingerprint density at radius 1 is 0.750 bits per heavy atom. The van der Waals surface area contributed by atoms with Crippen molar-refractivity contribution < 1.29 is 14.8 Å². The van der Waals surface area contributed by atoms with Crippen LogP contribution in [0, 0.1) is 16.0 Å². The fraction of sp³-hybridized carbons (Fsp3) is 0.200. The number of allylic oxidation sites excluding steroid dienone is 3. The van der Waals surface area contributed by atoms with Crippen molar-refractivity contribution in [3.05, 3.63) is 119 Å². The molecule has 2 aliphatic carbocycles. The van der Waals surface area contributed by atoms with Gasteiger partial charge >= 0.3 is 0 Å². The van der Waals surface area contributed by atoms with Gasteiger partial charge < -0.3 is 10.4 Å². The molecular weight excluding hydrogens is 452 g/mol. The minimum Gasteiger partial charge on any atom is -0.733 e. The highest BCUT2D eigenvalue weighted by atomic mass is 16.8. The molecule has 1 N–H and O–H groups in total. The summed E-state index contributed by atoms with van der Waals surface area (Å²) in [6, 6.07) is 26.4. The predicted octanol–water partition coefficient (Wildman–Crippen LogP) is 5.87. The van der Waals surface area contributed by atoms with Gasteiger partial charge in [-0.15, -0.1) is 0 Å². The van der Waals surface area contributed by atoms with Gasteiger partial charge in [0.2, 0.25) is 11.8 Å². The Balaban J connectivity index is 1.53. The summed E-state index contributed by atoms with van der Waals surface area (Å²) in [5.74, 6) is -0.608. The molecule has 6 nitrogen and oxygen atoms in total. The molecule has 180 valence electrons. The second-order valence-electron chi connectivity index (χ2n) is 9.82. The van der Waals surface area contributed by atoms with Crippen LogP contribution in [-0.2, 0) is 9.59 Å². The molecule has 1 saturated heterocycles. The van der Waals surface area contributed by atoms with Crippen molar-refractivity contribution in [3.63, 3.8) is 0 Å². The monoisotopic (exact) mass is 477 g/mol. The molecule has 3 aromatic carbocycles. The van der Waals surface area contributed by atoms with Crippen LogP contribution >= 0.6 is 0 Å². The fourth-order valence-corrected chi connectivity index (χ4v) is 6.48. The molecule has 2 amide bonds. The van der Waals surface area contributed by atoms with Gasteiger partial charge in [0.1, 0.15) is 0 Å². The summed E-state index contributed by atoms with van der Waals surface area (Å²) in [5.41, 5.74) is 2.41. The zero-order chi connectivity index (χ0) is 24.9. The van der Waals surface area contributed by atoms with Crippen molar-refractivity contribution in [2.75, 3.05) is 10.1 Å². The van der Waals surface area contributed by atoms with Crippen molar-refractivity contribution in [2.45, 2.75) is 25.7 Å². The quantitative estimate of drug-likeness (QED) is 0.289. The zero-order valence-electron chi connectivity index (χ0n) is 19.6. The lowest BCUT2D eigenvalue weighted by Gasteiger charge is -2.36. The average Bonchev–Trinajstić information content (AvgIpc) is 3.35. The Labute approximate surface area is 209 Å². The molecule has 2 unspecified atom stereocenters. The zero-order valence-corrected chi connectivity index (χ0v) is 19.6. The molecule has 1 aliphatic heterocycles. The number of benzene rings is 3. The van der Waals surface area contributed by atoms with E-state index in [1.165, 1.54) is 12.1 Å². The molecule has 2 fully saturated rings. The van der Waals surface area contributed by atoms with Gasteiger partial charge in [-0.2, -0.15) is 0 Å². The predicted molar refractivity (Wildman–Crippen MR) is 138 cm³/mol. The van der Waals surface area contributed by atoms with Crippen LogP contribution in [-0.4, -0.2) is 17.0 Å². The van der Waals surface area contributed by atoms with Gasteiger partial charge in [-0.3, -0.25) is 14.8 Å². The highest BCUT2D eigenvalue weighted by molar-refractivity contribution is 6.27. The lowest BCUT2D eigenvalue weighted by Crippen LogP contribution is -2.41. The fourth-order valence-electron chi connectivity index (χ4n) is 6.48. The van der Waals surface area contributed by atoms with E-state index in [9.17, 15) is 20.0 Å². The van der Waals surface area contributed by atoms with Crippen LogP contribution in [0.2, 0.25) is 0 Å². The number of carbonyl (C=O) groups excluding carboxylic acids is 2. The van der Waals surface area contributed by atoms with Gasteiger partial charge in [0, 0.05) is 0 Å². The maximum absolute atomic E-state index is 14.2. The van der Waals surface area contributed by atoms with Gasteiger partial charge in [0.25, 0.3) is 0 Å². The van der Waals surface area contributed by atoms with Crippen LogP contribution in [0.3, 0.4) is 0 Å². The largest absolute Gasteiger partial charge is 0.733 e. The molecule has 0 spiro atoms. The lowest BCUT2D eigenvalue weighted by molar-refractivity contribution is -0.132. The second kappa shape index (κ2) is 8.29. The van der Waals surface area contributed by atoms with Crippen molar-refractivity contribution in [1.29, 1.82) is 0 Å². The third kappa shape index (κ3) is 3.05. The maximum Gasteiger partial charge on any atom is 0.241 e. The number of rotatable bonds is 4. The Kier molecular flexibility index (Phi) is 5.18. The molecule has 0 radical (unpaired) electrons. The number of para-hydroxylation sites is 2. The average molecular weight is 478 g/mol. The van der Waals surface area contributed by atoms with Crippen molar-refractivity contribution in [1.82, 2.24) is 0 Å². The van der Waals surface area contributed by atoms with Gasteiger partial charge in [-0.05, 0) is 54.5 Å². The van der Waals surface area contributed by atoms with Gasteiger partial charge in [0.05, 0.1) is 22.2 Å². The standard InChI is InChI=1S/C30H25N2O4/c33-27-29-17-9-10-18-30(29,28(34)31(27)24-15-7-8-16-25(24)32(35)36)20-23(19-29)26(21-11-3-1-4-12-21)22-13-5-2-6-14-22/h1-16,35H,17-20H2/q-1. The Morgan fingerprint density at radius 3 is 1.72 bits per heavy atom. The summed E-state index contributed by atoms with van der Waals surface area (Å²) in [7, 11) is 0. The van der Waals surface area contributed by atoms with E-state index in [1.54, 1.807) is 12.1 Å². The highest BCUT2D eigenvalue weighted by Crippen LogP contribution is 2.67. The summed E-state index contributed by atoms with van der Waals surface area (Å²) in [6.45, 7) is 0. The van der Waals surface area contributed by atoms with Gasteiger partial charge in [-0.25, -0.2) is 4.90 Å². The lowest BCUT2D eigenvalue weighted by atomic mass is 9.61. The third-order valence-electron chi connectivity index (χ3n) is 8.08. The van der Waals surface area contributed by atoms with Crippen LogP contribution in [0.25, 0.3) is 5.57 Å². The number of hydrogen-bond donors (Lipinski definition) is 1. The summed E-state index contributed by atoms with van der Waals surface area (Å²) in [6.07, 6.45) is 5.82. The summed E-state index contributed by atoms with van der Waals surface area (Å²) >= 11 is 0. The van der Waals surface area contributed by atoms with Crippen LogP contribution in [0.1, 0.15) is 36.8 Å². The molecule has 3 aromatic rings. The molecule has 6 heteroatoms. The van der Waals surface area contributed by atoms with Gasteiger partial charge in [0.15, 0.2) is 0 Å². The summed E-state index contributed by atoms with van der Waals surface area (Å²) in [4.78, 5) is 29.6. The van der Waals surface area contributed by atoms with E-state index in [4.69, 9.17) is 0 Å². The molecule has 1 saturated carbocycles. The molecule has 2 atom stereocenters. The van der Waals surface area contributed by atoms with E-state index in [0.29, 0.717) is 25.7 Å². The normalized spacial score (nSPS) is 24.6. The van der Waals surface area contributed by atoms with E-state index in [-0.39, 0.29) is 28.4 Å². The first-order valence-electron chi connectivity index (χ1n) is 12.1. The maximum atomic E-state index is 14.2. The summed E-state index contributed by atoms with van der Waals surface area (Å²) in [5, 5.41) is 21.2. The minimum absolute atomic E-state index is 0.122. The number of anilines is 2. The molecule has 1 heterocycles. The van der Waals surface area contributed by atoms with Crippen molar-refractivity contribution in [2.24, 2.45) is 10.8 Å². The van der Waals surface area contributed by atoms with Crippen molar-refractivity contribution in [3.8, 4) is 0 Å². The molecule has 0 aromatic heterocycles. The highest BCUT2D eigenvalue weighted by Gasteiger charge is 2.72. The van der Waals surface area contributed by atoms with E-state index < -0.39 is 10.8 Å². The Hall–Kier alpha value is -4.00. The molecule has 6 rings (SSSR count). The van der Waals surface area contributed by atoms with Crippen LogP contribution in [0.15, 0.2) is 103 Å². The number of nitrogens with zero attached hydrogens (tertiary/aromatic N) is 2. The van der Waals surface area contributed by atoms with Crippen LogP contribution in [0.5, 0.6) is 0 Å². The molecule has 3 aliphatic rings. The van der Waals surface area contributed by atoms with E-state index in [2.05, 4.69) is 24.3 Å². The minimum atomic E-state index is -0.931. The van der Waals surface area contributed by atoms with Gasteiger partial charge in [-0.1, -0.05) is 90.5 Å². The number of hydrogen-bond acceptors (Lipinski definition) is 5. The first-order valence-corrected chi connectivity index (χ1v) is 12.1. The summed E-state index contributed by atoms with van der Waals surface area (Å²) < 4.78 is 0. The second-order valence-corrected chi connectivity index (χ2v) is 9.82. The van der Waals surface area contributed by atoms with Crippen molar-refractivity contribution >= 4 is 28.8 Å². The molecular formula is C30H25N2O4-. The molecule has 0 bridgehead atoms. The van der Waals surface area contributed by atoms with E-state index in [0.717, 1.165) is 27.2 Å². The third-order valence-corrected chi connectivity index (χ3v) is 8.08. The van der Waals surface area contributed by atoms with Crippen LogP contribution in [0.4, 0.5) is 11.4 Å². The Morgan fingerprint density at radius 2 is 1.22 bits per heavy atom. The first-order chi connectivity index (χ1) is 17.5. The number of amides is 2. The Bertz CT molecular complexity index is 1330. The van der Waals surface area contributed by atoms with Crippen LogP contribution < -0.4 is 10.1 Å². The molecule has 36 heavy (non-hydrogen) atoms. The van der Waals surface area contributed by atoms with E-state index >= 15 is 0 Å². The number of carbonyl (C=O) groups is 2. The topological polar surface area (TPSA) is 83.9 Å².